The van der Waals surface area contributed by atoms with E-state index in [-0.39, 0.29) is 6.04 Å². The molecule has 1 unspecified atom stereocenters. The molecule has 2 heterocycles. The maximum absolute atomic E-state index is 5.99. The summed E-state index contributed by atoms with van der Waals surface area (Å²) in [6.45, 7) is 5.90. The molecular weight excluding hydrogens is 396 g/mol. The number of para-hydroxylation sites is 1. The molecule has 0 bridgehead atoms. The average molecular weight is 424 g/mol. The third kappa shape index (κ3) is 4.18. The van der Waals surface area contributed by atoms with Crippen molar-refractivity contribution < 1.29 is 23.4 Å². The quantitative estimate of drug-likeness (QED) is 0.548. The van der Waals surface area contributed by atoms with Crippen molar-refractivity contribution >= 4 is 0 Å². The van der Waals surface area contributed by atoms with Crippen molar-refractivity contribution in [3.05, 3.63) is 53.4 Å². The summed E-state index contributed by atoms with van der Waals surface area (Å²) >= 11 is 0. The molecule has 1 aromatic heterocycles. The van der Waals surface area contributed by atoms with Gasteiger partial charge in [0.05, 0.1) is 25.5 Å². The first kappa shape index (κ1) is 21.1. The van der Waals surface area contributed by atoms with Crippen LogP contribution in [-0.2, 0) is 6.54 Å². The van der Waals surface area contributed by atoms with Gasteiger partial charge in [0, 0.05) is 12.6 Å². The van der Waals surface area contributed by atoms with Crippen molar-refractivity contribution in [2.45, 2.75) is 26.4 Å². The SMILES string of the molecule is COc1cccc(-c2nc(CN(C)C(C)c3ccc4c(c3)OCCO4)c(C)o2)c1OC. The summed E-state index contributed by atoms with van der Waals surface area (Å²) in [6, 6.07) is 11.9. The number of benzene rings is 2. The lowest BCUT2D eigenvalue weighted by molar-refractivity contribution is 0.170. The Bertz CT molecular complexity index is 1060. The lowest BCUT2D eigenvalue weighted by Crippen LogP contribution is -2.23. The summed E-state index contributed by atoms with van der Waals surface area (Å²) in [5.74, 6) is 4.14. The number of nitrogens with zero attached hydrogens (tertiary/aromatic N) is 2. The van der Waals surface area contributed by atoms with Crippen molar-refractivity contribution in [1.29, 1.82) is 0 Å². The molecule has 0 fully saturated rings. The number of ether oxygens (including phenoxy) is 4. The molecule has 0 saturated carbocycles. The molecule has 0 spiro atoms. The summed E-state index contributed by atoms with van der Waals surface area (Å²) in [5, 5.41) is 0. The Balaban J connectivity index is 1.55. The largest absolute Gasteiger partial charge is 0.493 e. The van der Waals surface area contributed by atoms with Crippen molar-refractivity contribution in [3.8, 4) is 34.5 Å². The van der Waals surface area contributed by atoms with Crippen molar-refractivity contribution in [3.63, 3.8) is 0 Å². The Morgan fingerprint density at radius 3 is 2.58 bits per heavy atom. The first-order chi connectivity index (χ1) is 15.0. The molecule has 1 atom stereocenters. The van der Waals surface area contributed by atoms with Crippen molar-refractivity contribution in [2.75, 3.05) is 34.5 Å². The van der Waals surface area contributed by atoms with Crippen LogP contribution in [0.3, 0.4) is 0 Å². The van der Waals surface area contributed by atoms with Gasteiger partial charge in [-0.3, -0.25) is 4.90 Å². The molecule has 0 radical (unpaired) electrons. The molecule has 7 heteroatoms. The lowest BCUT2D eigenvalue weighted by Gasteiger charge is -2.26. The molecule has 0 amide bonds. The predicted octanol–water partition coefficient (Wildman–Crippen LogP) is 4.63. The number of oxazole rings is 1. The van der Waals surface area contributed by atoms with E-state index >= 15 is 0 Å². The summed E-state index contributed by atoms with van der Waals surface area (Å²) in [6.07, 6.45) is 0. The monoisotopic (exact) mass is 424 g/mol. The lowest BCUT2D eigenvalue weighted by atomic mass is 10.1. The Morgan fingerprint density at radius 2 is 1.84 bits per heavy atom. The van der Waals surface area contributed by atoms with Crippen LogP contribution in [0.2, 0.25) is 0 Å². The van der Waals surface area contributed by atoms with Crippen molar-refractivity contribution in [1.82, 2.24) is 9.88 Å². The fourth-order valence-corrected chi connectivity index (χ4v) is 3.69. The van der Waals surface area contributed by atoms with Crippen LogP contribution in [0.4, 0.5) is 0 Å². The highest BCUT2D eigenvalue weighted by molar-refractivity contribution is 5.68. The first-order valence-electron chi connectivity index (χ1n) is 10.3. The molecule has 7 nitrogen and oxygen atoms in total. The molecule has 2 aromatic carbocycles. The van der Waals surface area contributed by atoms with Crippen LogP contribution in [0.5, 0.6) is 23.0 Å². The fourth-order valence-electron chi connectivity index (χ4n) is 3.69. The van der Waals surface area contributed by atoms with Gasteiger partial charge in [-0.25, -0.2) is 4.98 Å². The predicted molar refractivity (Wildman–Crippen MR) is 117 cm³/mol. The Labute approximate surface area is 182 Å². The van der Waals surface area contributed by atoms with E-state index < -0.39 is 0 Å². The minimum atomic E-state index is 0.154. The molecule has 3 aromatic rings. The van der Waals surface area contributed by atoms with E-state index in [1.807, 2.05) is 31.2 Å². The van der Waals surface area contributed by atoms with Crippen LogP contribution < -0.4 is 18.9 Å². The van der Waals surface area contributed by atoms with Gasteiger partial charge in [0.1, 0.15) is 19.0 Å². The first-order valence-corrected chi connectivity index (χ1v) is 10.3. The van der Waals surface area contributed by atoms with Gasteiger partial charge in [0.25, 0.3) is 0 Å². The maximum atomic E-state index is 5.99. The van der Waals surface area contributed by atoms with Crippen LogP contribution in [0.15, 0.2) is 40.8 Å². The van der Waals surface area contributed by atoms with E-state index in [1.165, 1.54) is 0 Å². The second-order valence-electron chi connectivity index (χ2n) is 7.56. The van der Waals surface area contributed by atoms with Crippen LogP contribution in [0.1, 0.15) is 30.0 Å². The zero-order valence-electron chi connectivity index (χ0n) is 18.6. The molecule has 1 aliphatic heterocycles. The highest BCUT2D eigenvalue weighted by atomic mass is 16.6. The van der Waals surface area contributed by atoms with Gasteiger partial charge in [-0.1, -0.05) is 12.1 Å². The Hall–Kier alpha value is -3.19. The summed E-state index contributed by atoms with van der Waals surface area (Å²) in [4.78, 5) is 6.99. The minimum Gasteiger partial charge on any atom is -0.493 e. The van der Waals surface area contributed by atoms with Gasteiger partial charge in [0.15, 0.2) is 23.0 Å². The topological polar surface area (TPSA) is 66.2 Å². The highest BCUT2D eigenvalue weighted by Gasteiger charge is 2.22. The van der Waals surface area contributed by atoms with Gasteiger partial charge in [-0.2, -0.15) is 0 Å². The molecule has 0 aliphatic carbocycles. The van der Waals surface area contributed by atoms with Crippen LogP contribution >= 0.6 is 0 Å². The zero-order valence-corrected chi connectivity index (χ0v) is 18.6. The van der Waals surface area contributed by atoms with Gasteiger partial charge < -0.3 is 23.4 Å². The standard InChI is InChI=1S/C24H28N2O5/c1-15(17-9-10-20-22(13-17)30-12-11-29-20)26(3)14-19-16(2)31-24(25-19)18-7-6-8-21(27-4)23(18)28-5/h6-10,13,15H,11-12,14H2,1-5H3. The Morgan fingerprint density at radius 1 is 1.06 bits per heavy atom. The number of hydrogen-bond acceptors (Lipinski definition) is 7. The molecule has 1 aliphatic rings. The molecule has 0 N–H and O–H groups in total. The van der Waals surface area contributed by atoms with Crippen LogP contribution in [-0.4, -0.2) is 44.4 Å². The van der Waals surface area contributed by atoms with E-state index in [4.69, 9.17) is 28.3 Å². The number of methoxy groups -OCH3 is 2. The molecule has 164 valence electrons. The number of aromatic nitrogens is 1. The molecule has 31 heavy (non-hydrogen) atoms. The van der Waals surface area contributed by atoms with E-state index in [0.29, 0.717) is 37.1 Å². The fraction of sp³-hybridized carbons (Fsp3) is 0.375. The average Bonchev–Trinajstić information content (AvgIpc) is 3.17. The third-order valence-electron chi connectivity index (χ3n) is 5.63. The molecular formula is C24H28N2O5. The molecule has 4 rings (SSSR count). The second-order valence-corrected chi connectivity index (χ2v) is 7.56. The number of hydrogen-bond donors (Lipinski definition) is 0. The summed E-state index contributed by atoms with van der Waals surface area (Å²) < 4.78 is 28.3. The summed E-state index contributed by atoms with van der Waals surface area (Å²) in [5.41, 5.74) is 2.80. The van der Waals surface area contributed by atoms with Gasteiger partial charge in [0.2, 0.25) is 5.89 Å². The van der Waals surface area contributed by atoms with E-state index in [2.05, 4.69) is 31.0 Å². The molecule has 0 saturated heterocycles. The van der Waals surface area contributed by atoms with Crippen LogP contribution in [0, 0.1) is 6.92 Å². The number of rotatable bonds is 7. The van der Waals surface area contributed by atoms with Gasteiger partial charge >= 0.3 is 0 Å². The number of aryl methyl sites for hydroxylation is 1. The smallest absolute Gasteiger partial charge is 0.230 e. The Kier molecular flexibility index (Phi) is 6.04. The van der Waals surface area contributed by atoms with E-state index in [9.17, 15) is 0 Å². The number of fused-ring (bicyclic) bond motifs is 1. The van der Waals surface area contributed by atoms with Gasteiger partial charge in [-0.05, 0) is 50.7 Å². The zero-order chi connectivity index (χ0) is 22.0. The second kappa shape index (κ2) is 8.89. The van der Waals surface area contributed by atoms with E-state index in [0.717, 1.165) is 34.1 Å². The summed E-state index contributed by atoms with van der Waals surface area (Å²) in [7, 11) is 5.30. The van der Waals surface area contributed by atoms with Crippen LogP contribution in [0.25, 0.3) is 11.5 Å². The normalized spacial score (nSPS) is 13.9. The third-order valence-corrected chi connectivity index (χ3v) is 5.63. The van der Waals surface area contributed by atoms with E-state index in [1.54, 1.807) is 14.2 Å². The van der Waals surface area contributed by atoms with Gasteiger partial charge in [-0.15, -0.1) is 0 Å². The highest BCUT2D eigenvalue weighted by Crippen LogP contribution is 2.38. The minimum absolute atomic E-state index is 0.154. The maximum Gasteiger partial charge on any atom is 0.230 e. The van der Waals surface area contributed by atoms with Crippen molar-refractivity contribution in [2.24, 2.45) is 0 Å².